The molecule has 0 atom stereocenters. The van der Waals surface area contributed by atoms with Gasteiger partial charge in [-0.2, -0.15) is 0 Å². The minimum absolute atomic E-state index is 0.354. The van der Waals surface area contributed by atoms with E-state index in [0.717, 1.165) is 11.6 Å². The highest BCUT2D eigenvalue weighted by atomic mass is 16.5. The van der Waals surface area contributed by atoms with Crippen molar-refractivity contribution in [3.05, 3.63) is 66.8 Å². The van der Waals surface area contributed by atoms with E-state index >= 15 is 0 Å². The topological polar surface area (TPSA) is 52.6 Å². The minimum atomic E-state index is -0.359. The van der Waals surface area contributed by atoms with E-state index in [1.165, 1.54) is 7.11 Å². The smallest absolute Gasteiger partial charge is 0.333 e. The predicted molar refractivity (Wildman–Crippen MR) is 88.1 cm³/mol. The van der Waals surface area contributed by atoms with Gasteiger partial charge in [-0.15, -0.1) is 0 Å². The number of rotatable bonds is 6. The molecule has 0 saturated carbocycles. The Morgan fingerprint density at radius 3 is 2.32 bits per heavy atom. The Morgan fingerprint density at radius 2 is 1.86 bits per heavy atom. The molecule has 0 fully saturated rings. The van der Waals surface area contributed by atoms with Crippen LogP contribution in [0, 0.1) is 0 Å². The Hall–Kier alpha value is -2.62. The summed E-state index contributed by atoms with van der Waals surface area (Å²) in [6.45, 7) is 9.01. The van der Waals surface area contributed by atoms with Crippen molar-refractivity contribution in [2.75, 3.05) is 13.7 Å². The van der Waals surface area contributed by atoms with E-state index in [0.29, 0.717) is 18.6 Å². The Labute approximate surface area is 131 Å². The third-order valence-corrected chi connectivity index (χ3v) is 2.40. The first-order valence-corrected chi connectivity index (χ1v) is 6.82. The third kappa shape index (κ3) is 9.31. The lowest BCUT2D eigenvalue weighted by atomic mass is 10.1. The fourth-order valence-electron chi connectivity index (χ4n) is 1.33. The summed E-state index contributed by atoms with van der Waals surface area (Å²) in [5.74, 6) is -0.713. The van der Waals surface area contributed by atoms with Crippen LogP contribution in [0.25, 0.3) is 6.08 Å². The number of allylic oxidation sites excluding steroid dienone is 1. The molecule has 0 aliphatic heterocycles. The number of esters is 2. The van der Waals surface area contributed by atoms with Gasteiger partial charge in [0, 0.05) is 11.6 Å². The van der Waals surface area contributed by atoms with Crippen molar-refractivity contribution in [3.63, 3.8) is 0 Å². The van der Waals surface area contributed by atoms with Crippen LogP contribution in [0.5, 0.6) is 0 Å². The standard InChI is InChI=1S/C13H14O2.C5H8O2/c1-11(13(14)15-2)7-6-10-12-8-4-3-5-9-12;1-3-5(6)7-4-2/h3-6,8-10H,1,7H2,2H3;3H,1,4H2,2H3. The normalized spacial score (nSPS) is 9.36. The van der Waals surface area contributed by atoms with Crippen LogP contribution in [-0.2, 0) is 19.1 Å². The molecule has 0 saturated heterocycles. The van der Waals surface area contributed by atoms with E-state index in [1.807, 2.05) is 42.5 Å². The van der Waals surface area contributed by atoms with Crippen molar-refractivity contribution < 1.29 is 19.1 Å². The molecule has 0 radical (unpaired) electrons. The Kier molecular flexibility index (Phi) is 10.7. The molecule has 0 N–H and O–H groups in total. The van der Waals surface area contributed by atoms with Crippen molar-refractivity contribution in [2.45, 2.75) is 13.3 Å². The molecule has 1 aromatic rings. The van der Waals surface area contributed by atoms with E-state index in [-0.39, 0.29) is 11.9 Å². The van der Waals surface area contributed by atoms with Gasteiger partial charge in [0.1, 0.15) is 0 Å². The first-order chi connectivity index (χ1) is 10.5. The van der Waals surface area contributed by atoms with Gasteiger partial charge >= 0.3 is 11.9 Å². The lowest BCUT2D eigenvalue weighted by molar-refractivity contribution is -0.137. The maximum atomic E-state index is 11.0. The predicted octanol–water partition coefficient (Wildman–Crippen LogP) is 3.55. The molecular formula is C18H22O4. The number of ether oxygens (including phenoxy) is 2. The molecule has 0 spiro atoms. The highest BCUT2D eigenvalue weighted by Crippen LogP contribution is 2.06. The van der Waals surface area contributed by atoms with E-state index < -0.39 is 0 Å². The Bertz CT molecular complexity index is 515. The average Bonchev–Trinajstić information content (AvgIpc) is 2.55. The highest BCUT2D eigenvalue weighted by molar-refractivity contribution is 5.88. The fourth-order valence-corrected chi connectivity index (χ4v) is 1.33. The van der Waals surface area contributed by atoms with Gasteiger partial charge in [0.2, 0.25) is 0 Å². The van der Waals surface area contributed by atoms with Gasteiger partial charge in [-0.05, 0) is 18.9 Å². The van der Waals surface area contributed by atoms with Crippen LogP contribution in [0.15, 0.2) is 61.2 Å². The van der Waals surface area contributed by atoms with Gasteiger partial charge in [-0.3, -0.25) is 0 Å². The summed E-state index contributed by atoms with van der Waals surface area (Å²) in [6.07, 6.45) is 5.51. The summed E-state index contributed by atoms with van der Waals surface area (Å²) < 4.78 is 8.98. The summed E-state index contributed by atoms with van der Waals surface area (Å²) in [7, 11) is 1.36. The van der Waals surface area contributed by atoms with Gasteiger partial charge in [-0.25, -0.2) is 9.59 Å². The van der Waals surface area contributed by atoms with Crippen LogP contribution in [-0.4, -0.2) is 25.7 Å². The molecule has 1 aromatic carbocycles. The van der Waals surface area contributed by atoms with E-state index in [2.05, 4.69) is 22.6 Å². The van der Waals surface area contributed by atoms with Gasteiger partial charge in [0.05, 0.1) is 13.7 Å². The molecule has 0 bridgehead atoms. The second kappa shape index (κ2) is 12.1. The number of hydrogen-bond acceptors (Lipinski definition) is 4. The zero-order valence-electron chi connectivity index (χ0n) is 13.1. The number of benzene rings is 1. The zero-order valence-corrected chi connectivity index (χ0v) is 13.1. The van der Waals surface area contributed by atoms with Crippen molar-refractivity contribution in [1.82, 2.24) is 0 Å². The van der Waals surface area contributed by atoms with Gasteiger partial charge in [0.15, 0.2) is 0 Å². The number of carbonyl (C=O) groups is 2. The first kappa shape index (κ1) is 19.4. The van der Waals surface area contributed by atoms with Crippen LogP contribution < -0.4 is 0 Å². The second-order valence-electron chi connectivity index (χ2n) is 4.07. The van der Waals surface area contributed by atoms with E-state index in [4.69, 9.17) is 0 Å². The summed E-state index contributed by atoms with van der Waals surface area (Å²) in [6, 6.07) is 9.89. The monoisotopic (exact) mass is 302 g/mol. The van der Waals surface area contributed by atoms with Crippen molar-refractivity contribution in [2.24, 2.45) is 0 Å². The summed E-state index contributed by atoms with van der Waals surface area (Å²) in [5, 5.41) is 0. The maximum absolute atomic E-state index is 11.0. The quantitative estimate of drug-likeness (QED) is 0.595. The summed E-state index contributed by atoms with van der Waals surface area (Å²) in [5.41, 5.74) is 1.57. The number of methoxy groups -OCH3 is 1. The highest BCUT2D eigenvalue weighted by Gasteiger charge is 2.02. The maximum Gasteiger partial charge on any atom is 0.333 e. The molecule has 118 valence electrons. The molecule has 0 amide bonds. The third-order valence-electron chi connectivity index (χ3n) is 2.40. The van der Waals surface area contributed by atoms with Crippen molar-refractivity contribution in [1.29, 1.82) is 0 Å². The van der Waals surface area contributed by atoms with Crippen molar-refractivity contribution in [3.8, 4) is 0 Å². The average molecular weight is 302 g/mol. The van der Waals surface area contributed by atoms with E-state index in [1.54, 1.807) is 6.92 Å². The van der Waals surface area contributed by atoms with E-state index in [9.17, 15) is 9.59 Å². The molecule has 0 aliphatic carbocycles. The van der Waals surface area contributed by atoms with Crippen LogP contribution >= 0.6 is 0 Å². The van der Waals surface area contributed by atoms with Gasteiger partial charge in [-0.1, -0.05) is 55.6 Å². The fraction of sp³-hybridized carbons (Fsp3) is 0.222. The Balaban J connectivity index is 0.000000534. The zero-order chi connectivity index (χ0) is 16.8. The molecule has 0 aromatic heterocycles. The molecule has 0 aliphatic rings. The molecule has 0 unspecified atom stereocenters. The summed E-state index contributed by atoms with van der Waals surface area (Å²) in [4.78, 5) is 21.1. The Morgan fingerprint density at radius 1 is 1.23 bits per heavy atom. The van der Waals surface area contributed by atoms with Gasteiger partial charge < -0.3 is 9.47 Å². The van der Waals surface area contributed by atoms with Crippen molar-refractivity contribution >= 4 is 18.0 Å². The molecule has 1 rings (SSSR count). The largest absolute Gasteiger partial charge is 0.466 e. The first-order valence-electron chi connectivity index (χ1n) is 6.82. The van der Waals surface area contributed by atoms with Gasteiger partial charge in [0.25, 0.3) is 0 Å². The SMILES string of the molecule is C=C(CC=Cc1ccccc1)C(=O)OC.C=CC(=O)OCC. The molecule has 4 heteroatoms. The van der Waals surface area contributed by atoms with Crippen LogP contribution in [0.3, 0.4) is 0 Å². The molecule has 4 nitrogen and oxygen atoms in total. The molecule has 0 heterocycles. The molecular weight excluding hydrogens is 280 g/mol. The second-order valence-corrected chi connectivity index (χ2v) is 4.07. The lowest BCUT2D eigenvalue weighted by Crippen LogP contribution is -2.02. The number of hydrogen-bond donors (Lipinski definition) is 0. The van der Waals surface area contributed by atoms with Crippen LogP contribution in [0.4, 0.5) is 0 Å². The summed E-state index contributed by atoms with van der Waals surface area (Å²) >= 11 is 0. The molecule has 22 heavy (non-hydrogen) atoms. The minimum Gasteiger partial charge on any atom is -0.466 e. The van der Waals surface area contributed by atoms with Crippen LogP contribution in [0.1, 0.15) is 18.9 Å². The van der Waals surface area contributed by atoms with Crippen LogP contribution in [0.2, 0.25) is 0 Å². The number of carbonyl (C=O) groups excluding carboxylic acids is 2. The lowest BCUT2D eigenvalue weighted by Gasteiger charge is -1.98.